The Morgan fingerprint density at radius 1 is 0.931 bits per heavy atom. The van der Waals surface area contributed by atoms with Gasteiger partial charge in [-0.1, -0.05) is 54.6 Å². The first-order valence-corrected chi connectivity index (χ1v) is 10.4. The van der Waals surface area contributed by atoms with Crippen molar-refractivity contribution in [2.24, 2.45) is 0 Å². The van der Waals surface area contributed by atoms with Crippen molar-refractivity contribution in [2.75, 3.05) is 0 Å². The number of hydrogen-bond donors (Lipinski definition) is 2. The highest BCUT2D eigenvalue weighted by atomic mass is 32.2. The fourth-order valence-electron chi connectivity index (χ4n) is 2.80. The predicted molar refractivity (Wildman–Crippen MR) is 112 cm³/mol. The fourth-order valence-corrected chi connectivity index (χ4v) is 3.74. The lowest BCUT2D eigenvalue weighted by Gasteiger charge is -2.07. The van der Waals surface area contributed by atoms with Crippen LogP contribution in [0.4, 0.5) is 0 Å². The lowest BCUT2D eigenvalue weighted by Crippen LogP contribution is -2.29. The van der Waals surface area contributed by atoms with Gasteiger partial charge in [0.2, 0.25) is 5.91 Å². The van der Waals surface area contributed by atoms with Gasteiger partial charge in [0.25, 0.3) is 15.9 Å². The number of benzene rings is 3. The summed E-state index contributed by atoms with van der Waals surface area (Å²) in [6, 6.07) is 19.4. The first-order valence-electron chi connectivity index (χ1n) is 8.91. The van der Waals surface area contributed by atoms with Gasteiger partial charge in [0.15, 0.2) is 0 Å². The Hall–Kier alpha value is -3.45. The van der Waals surface area contributed by atoms with Crippen molar-refractivity contribution in [2.45, 2.75) is 18.4 Å². The average Bonchev–Trinajstić information content (AvgIpc) is 2.70. The highest BCUT2D eigenvalue weighted by Crippen LogP contribution is 2.19. The van der Waals surface area contributed by atoms with E-state index in [0.29, 0.717) is 6.54 Å². The molecule has 0 saturated heterocycles. The smallest absolute Gasteiger partial charge is 0.264 e. The van der Waals surface area contributed by atoms with E-state index < -0.39 is 15.9 Å². The second kappa shape index (κ2) is 8.70. The zero-order valence-corrected chi connectivity index (χ0v) is 16.6. The number of carbonyl (C=O) groups excluding carboxylic acids is 2. The maximum atomic E-state index is 12.4. The fraction of sp³-hybridized carbons (Fsp3) is 0.0909. The van der Waals surface area contributed by atoms with Gasteiger partial charge in [-0.3, -0.25) is 9.59 Å². The van der Waals surface area contributed by atoms with Gasteiger partial charge in [0, 0.05) is 19.5 Å². The summed E-state index contributed by atoms with van der Waals surface area (Å²) in [5, 5.41) is 4.63. The van der Waals surface area contributed by atoms with Crippen molar-refractivity contribution in [3.05, 3.63) is 83.9 Å². The van der Waals surface area contributed by atoms with Crippen LogP contribution in [0.2, 0.25) is 0 Å². The molecule has 0 bridgehead atoms. The van der Waals surface area contributed by atoms with Gasteiger partial charge in [-0.25, -0.2) is 13.1 Å². The number of hydrogen-bond acceptors (Lipinski definition) is 4. The number of amides is 2. The second-order valence-electron chi connectivity index (χ2n) is 6.43. The van der Waals surface area contributed by atoms with E-state index in [1.807, 2.05) is 47.2 Å². The monoisotopic (exact) mass is 408 g/mol. The van der Waals surface area contributed by atoms with E-state index in [0.717, 1.165) is 21.9 Å². The Morgan fingerprint density at radius 3 is 2.34 bits per heavy atom. The van der Waals surface area contributed by atoms with Gasteiger partial charge in [0.05, 0.1) is 4.90 Å². The summed E-state index contributed by atoms with van der Waals surface area (Å²) in [4.78, 5) is 23.1. The number of sulfonamides is 1. The highest BCUT2D eigenvalue weighted by Gasteiger charge is 2.16. The molecule has 3 aromatic rings. The van der Waals surface area contributed by atoms with Crippen LogP contribution in [0.5, 0.6) is 0 Å². The quantitative estimate of drug-likeness (QED) is 0.614. The van der Waals surface area contributed by atoms with Crippen LogP contribution in [0.1, 0.15) is 18.1 Å². The first kappa shape index (κ1) is 20.3. The molecule has 0 aromatic heterocycles. The molecule has 0 fully saturated rings. The lowest BCUT2D eigenvalue weighted by atomic mass is 10.0. The zero-order chi connectivity index (χ0) is 20.9. The van der Waals surface area contributed by atoms with Crippen molar-refractivity contribution in [1.29, 1.82) is 0 Å². The van der Waals surface area contributed by atoms with Gasteiger partial charge in [-0.15, -0.1) is 0 Å². The number of fused-ring (bicyclic) bond motifs is 1. The molecule has 0 aliphatic heterocycles. The van der Waals surface area contributed by atoms with E-state index >= 15 is 0 Å². The lowest BCUT2D eigenvalue weighted by molar-refractivity contribution is -0.119. The topological polar surface area (TPSA) is 92.3 Å². The molecular weight excluding hydrogens is 388 g/mol. The van der Waals surface area contributed by atoms with Crippen molar-refractivity contribution in [1.82, 2.24) is 10.0 Å². The molecule has 6 nitrogen and oxygen atoms in total. The SMILES string of the molecule is CC(=O)NCc1ccc(S(=O)(=O)NC(=O)/C=C/c2cccc3ccccc23)cc1. The minimum Gasteiger partial charge on any atom is -0.352 e. The molecular formula is C22H20N2O4S. The van der Waals surface area contributed by atoms with Crippen LogP contribution in [-0.2, 0) is 26.2 Å². The molecule has 2 N–H and O–H groups in total. The van der Waals surface area contributed by atoms with Gasteiger partial charge in [0.1, 0.15) is 0 Å². The van der Waals surface area contributed by atoms with Gasteiger partial charge in [-0.05, 0) is 40.1 Å². The van der Waals surface area contributed by atoms with Crippen molar-refractivity contribution in [3.63, 3.8) is 0 Å². The Bertz CT molecular complexity index is 1180. The van der Waals surface area contributed by atoms with Gasteiger partial charge >= 0.3 is 0 Å². The summed E-state index contributed by atoms with van der Waals surface area (Å²) in [5.41, 5.74) is 1.57. The number of nitrogens with one attached hydrogen (secondary N) is 2. The van der Waals surface area contributed by atoms with Gasteiger partial charge < -0.3 is 5.32 Å². The van der Waals surface area contributed by atoms with Crippen LogP contribution >= 0.6 is 0 Å². The van der Waals surface area contributed by atoms with Crippen LogP contribution in [0.3, 0.4) is 0 Å². The minimum atomic E-state index is -3.99. The van der Waals surface area contributed by atoms with Crippen molar-refractivity contribution < 1.29 is 18.0 Å². The van der Waals surface area contributed by atoms with Crippen LogP contribution in [-0.4, -0.2) is 20.2 Å². The van der Waals surface area contributed by atoms with E-state index in [1.165, 1.54) is 25.1 Å². The summed E-state index contributed by atoms with van der Waals surface area (Å²) in [5.74, 6) is -0.910. The molecule has 7 heteroatoms. The van der Waals surface area contributed by atoms with E-state index in [1.54, 1.807) is 18.2 Å². The average molecular weight is 408 g/mol. The highest BCUT2D eigenvalue weighted by molar-refractivity contribution is 7.90. The third-order valence-corrected chi connectivity index (χ3v) is 5.61. The summed E-state index contributed by atoms with van der Waals surface area (Å²) < 4.78 is 26.9. The van der Waals surface area contributed by atoms with Gasteiger partial charge in [-0.2, -0.15) is 0 Å². The first-order chi connectivity index (χ1) is 13.8. The molecule has 0 aliphatic rings. The Kier molecular flexibility index (Phi) is 6.09. The van der Waals surface area contributed by atoms with E-state index in [9.17, 15) is 18.0 Å². The third-order valence-electron chi connectivity index (χ3n) is 4.25. The summed E-state index contributed by atoms with van der Waals surface area (Å²) in [6.07, 6.45) is 2.79. The summed E-state index contributed by atoms with van der Waals surface area (Å²) >= 11 is 0. The molecule has 0 atom stereocenters. The minimum absolute atomic E-state index is 0.0315. The van der Waals surface area contributed by atoms with E-state index in [-0.39, 0.29) is 10.8 Å². The predicted octanol–water partition coefficient (Wildman–Crippen LogP) is 2.99. The molecule has 0 saturated carbocycles. The summed E-state index contributed by atoms with van der Waals surface area (Å²) in [7, 11) is -3.99. The Balaban J connectivity index is 1.70. The van der Waals surface area contributed by atoms with Crippen LogP contribution < -0.4 is 10.0 Å². The normalized spacial score (nSPS) is 11.5. The third kappa shape index (κ3) is 5.30. The molecule has 0 spiro atoms. The maximum absolute atomic E-state index is 12.4. The molecule has 0 aliphatic carbocycles. The molecule has 148 valence electrons. The molecule has 0 heterocycles. The van der Waals surface area contributed by atoms with E-state index in [4.69, 9.17) is 0 Å². The van der Waals surface area contributed by atoms with Crippen molar-refractivity contribution >= 4 is 38.7 Å². The molecule has 3 rings (SSSR count). The molecule has 29 heavy (non-hydrogen) atoms. The van der Waals surface area contributed by atoms with Crippen molar-refractivity contribution in [3.8, 4) is 0 Å². The maximum Gasteiger partial charge on any atom is 0.264 e. The van der Waals surface area contributed by atoms with Crippen LogP contribution in [0.15, 0.2) is 77.7 Å². The molecule has 0 unspecified atom stereocenters. The largest absolute Gasteiger partial charge is 0.352 e. The molecule has 2 amide bonds. The molecule has 3 aromatic carbocycles. The Morgan fingerprint density at radius 2 is 1.62 bits per heavy atom. The van der Waals surface area contributed by atoms with Crippen LogP contribution in [0.25, 0.3) is 16.8 Å². The van der Waals surface area contributed by atoms with Crippen LogP contribution in [0, 0.1) is 0 Å². The Labute approximate surface area is 169 Å². The van der Waals surface area contributed by atoms with E-state index in [2.05, 4.69) is 5.32 Å². The number of carbonyl (C=O) groups is 2. The summed E-state index contributed by atoms with van der Waals surface area (Å²) in [6.45, 7) is 1.70. The standard InChI is InChI=1S/C22H20N2O4S/c1-16(25)23-15-17-9-12-20(13-10-17)29(27,28)24-22(26)14-11-19-7-4-6-18-5-2-3-8-21(18)19/h2-14H,15H2,1H3,(H,23,25)(H,24,26)/b14-11+. The molecule has 0 radical (unpaired) electrons. The second-order valence-corrected chi connectivity index (χ2v) is 8.11. The number of rotatable bonds is 6. The zero-order valence-electron chi connectivity index (χ0n) is 15.8.